The van der Waals surface area contributed by atoms with Crippen LogP contribution in [0.2, 0.25) is 0 Å². The Morgan fingerprint density at radius 1 is 0.800 bits per heavy atom. The molecule has 0 saturated carbocycles. The van der Waals surface area contributed by atoms with E-state index in [-0.39, 0.29) is 19.3 Å². The minimum atomic E-state index is -7.30. The highest BCUT2D eigenvalue weighted by Crippen LogP contribution is 2.55. The average molecular weight is 408 g/mol. The van der Waals surface area contributed by atoms with Crippen molar-refractivity contribution >= 4 is 10.1 Å². The van der Waals surface area contributed by atoms with Crippen molar-refractivity contribution in [1.82, 2.24) is 0 Å². The zero-order valence-corrected chi connectivity index (χ0v) is 13.2. The minimum absolute atomic E-state index is 0.144. The Bertz CT molecular complexity index is 608. The lowest BCUT2D eigenvalue weighted by Crippen LogP contribution is -2.63. The SMILES string of the molecule is O=S(=O)(O/C1=C\CCCCCC1)C(F)(F)C(F)(F)C(F)(F)C(F)(F)F. The molecule has 13 heteroatoms. The van der Waals surface area contributed by atoms with Crippen LogP contribution in [0.25, 0.3) is 0 Å². The summed E-state index contributed by atoms with van der Waals surface area (Å²) in [5.41, 5.74) is 0. The molecule has 0 N–H and O–H groups in total. The fourth-order valence-corrected chi connectivity index (χ4v) is 2.93. The standard InChI is InChI=1S/C12H13F9O3S/c13-9(14,11(17,18)19)10(15,16)12(20,21)25(22,23)24-8-6-4-2-1-3-5-7-8/h6H,1-5,7H2/b8-6-. The van der Waals surface area contributed by atoms with Gasteiger partial charge in [0.15, 0.2) is 0 Å². The van der Waals surface area contributed by atoms with Gasteiger partial charge in [0.25, 0.3) is 0 Å². The third kappa shape index (κ3) is 4.00. The predicted molar refractivity (Wildman–Crippen MR) is 66.7 cm³/mol. The molecule has 0 unspecified atom stereocenters. The zero-order chi connectivity index (χ0) is 19.7. The van der Waals surface area contributed by atoms with Gasteiger partial charge in [-0.25, -0.2) is 0 Å². The van der Waals surface area contributed by atoms with Crippen molar-refractivity contribution in [1.29, 1.82) is 0 Å². The van der Waals surface area contributed by atoms with Crippen LogP contribution in [0.3, 0.4) is 0 Å². The molecule has 0 fully saturated rings. The molecule has 0 atom stereocenters. The monoisotopic (exact) mass is 408 g/mol. The molecule has 0 bridgehead atoms. The van der Waals surface area contributed by atoms with Crippen molar-refractivity contribution in [2.24, 2.45) is 0 Å². The summed E-state index contributed by atoms with van der Waals surface area (Å²) in [6.45, 7) is 0. The maximum Gasteiger partial charge on any atom is 0.460 e. The van der Waals surface area contributed by atoms with E-state index < -0.39 is 39.2 Å². The van der Waals surface area contributed by atoms with Gasteiger partial charge in [0.2, 0.25) is 0 Å². The van der Waals surface area contributed by atoms with Gasteiger partial charge in [-0.15, -0.1) is 0 Å². The van der Waals surface area contributed by atoms with Crippen molar-refractivity contribution in [3.8, 4) is 0 Å². The first-order valence-electron chi connectivity index (χ1n) is 6.91. The van der Waals surface area contributed by atoms with Gasteiger partial charge in [-0.3, -0.25) is 0 Å². The summed E-state index contributed by atoms with van der Waals surface area (Å²) in [5.74, 6) is -15.3. The van der Waals surface area contributed by atoms with E-state index in [1.54, 1.807) is 0 Å². The first kappa shape index (κ1) is 21.9. The maximum atomic E-state index is 13.5. The lowest BCUT2D eigenvalue weighted by molar-refractivity contribution is -0.382. The second kappa shape index (κ2) is 6.88. The number of alkyl halides is 9. The first-order valence-corrected chi connectivity index (χ1v) is 8.32. The van der Waals surface area contributed by atoms with Crippen LogP contribution < -0.4 is 0 Å². The molecule has 148 valence electrons. The summed E-state index contributed by atoms with van der Waals surface area (Å²) in [6, 6.07) is 0. The van der Waals surface area contributed by atoms with E-state index in [0.29, 0.717) is 12.8 Å². The molecule has 0 saturated heterocycles. The quantitative estimate of drug-likeness (QED) is 0.475. The molecule has 0 heterocycles. The number of halogens is 9. The van der Waals surface area contributed by atoms with Crippen molar-refractivity contribution < 1.29 is 52.1 Å². The van der Waals surface area contributed by atoms with Gasteiger partial charge in [0.1, 0.15) is 5.76 Å². The van der Waals surface area contributed by atoms with Crippen molar-refractivity contribution in [3.05, 3.63) is 11.8 Å². The summed E-state index contributed by atoms with van der Waals surface area (Å²) < 4.78 is 141. The van der Waals surface area contributed by atoms with Gasteiger partial charge < -0.3 is 4.18 Å². The van der Waals surface area contributed by atoms with Crippen LogP contribution in [0.1, 0.15) is 38.5 Å². The normalized spacial score (nSPS) is 21.1. The smallest absolute Gasteiger partial charge is 0.383 e. The van der Waals surface area contributed by atoms with Crippen LogP contribution >= 0.6 is 0 Å². The largest absolute Gasteiger partial charge is 0.460 e. The molecule has 0 amide bonds. The maximum absolute atomic E-state index is 13.5. The summed E-state index contributed by atoms with van der Waals surface area (Å²) in [5, 5.41) is -6.82. The van der Waals surface area contributed by atoms with E-state index in [2.05, 4.69) is 4.18 Å². The third-order valence-corrected chi connectivity index (χ3v) is 4.71. The topological polar surface area (TPSA) is 43.4 Å². The molecule has 0 aromatic carbocycles. The highest BCUT2D eigenvalue weighted by molar-refractivity contribution is 7.88. The minimum Gasteiger partial charge on any atom is -0.383 e. The molecule has 1 aliphatic rings. The summed E-state index contributed by atoms with van der Waals surface area (Å²) in [7, 11) is -6.82. The lowest BCUT2D eigenvalue weighted by atomic mass is 10.1. The Kier molecular flexibility index (Phi) is 6.02. The second-order valence-corrected chi connectivity index (χ2v) is 6.91. The van der Waals surface area contributed by atoms with Gasteiger partial charge >= 0.3 is 33.4 Å². The predicted octanol–water partition coefficient (Wildman–Crippen LogP) is 5.00. The first-order chi connectivity index (χ1) is 11.1. The van der Waals surface area contributed by atoms with Gasteiger partial charge in [0, 0.05) is 6.42 Å². The van der Waals surface area contributed by atoms with Crippen LogP contribution in [-0.4, -0.2) is 31.7 Å². The number of allylic oxidation sites excluding steroid dienone is 2. The van der Waals surface area contributed by atoms with E-state index in [9.17, 15) is 47.9 Å². The summed E-state index contributed by atoms with van der Waals surface area (Å²) in [4.78, 5) is 0. The van der Waals surface area contributed by atoms with E-state index in [1.165, 1.54) is 0 Å². The van der Waals surface area contributed by atoms with E-state index >= 15 is 0 Å². The molecular weight excluding hydrogens is 395 g/mol. The molecule has 0 radical (unpaired) electrons. The van der Waals surface area contributed by atoms with Gasteiger partial charge in [-0.1, -0.05) is 12.8 Å². The van der Waals surface area contributed by atoms with Gasteiger partial charge in [-0.05, 0) is 25.3 Å². The van der Waals surface area contributed by atoms with Gasteiger partial charge in [0.05, 0.1) is 0 Å². The fraction of sp³-hybridized carbons (Fsp3) is 0.833. The summed E-state index contributed by atoms with van der Waals surface area (Å²) in [6.07, 6.45) is -4.22. The van der Waals surface area contributed by atoms with E-state index in [4.69, 9.17) is 0 Å². The summed E-state index contributed by atoms with van der Waals surface area (Å²) >= 11 is 0. The Balaban J connectivity index is 3.21. The van der Waals surface area contributed by atoms with E-state index in [0.717, 1.165) is 12.5 Å². The van der Waals surface area contributed by atoms with Crippen molar-refractivity contribution in [2.45, 2.75) is 61.8 Å². The molecule has 3 nitrogen and oxygen atoms in total. The highest BCUT2D eigenvalue weighted by Gasteiger charge is 2.86. The Labute approximate surface area is 136 Å². The fourth-order valence-electron chi connectivity index (χ4n) is 1.95. The van der Waals surface area contributed by atoms with Crippen molar-refractivity contribution in [2.75, 3.05) is 0 Å². The number of hydrogen-bond donors (Lipinski definition) is 0. The van der Waals surface area contributed by atoms with Crippen LogP contribution in [-0.2, 0) is 14.3 Å². The van der Waals surface area contributed by atoms with Crippen LogP contribution in [0.4, 0.5) is 39.5 Å². The van der Waals surface area contributed by atoms with Crippen molar-refractivity contribution in [3.63, 3.8) is 0 Å². The molecule has 1 aliphatic carbocycles. The number of rotatable bonds is 5. The molecular formula is C12H13F9O3S. The zero-order valence-electron chi connectivity index (χ0n) is 12.4. The average Bonchev–Trinajstić information content (AvgIpc) is 2.39. The molecule has 1 rings (SSSR count). The highest BCUT2D eigenvalue weighted by atomic mass is 32.2. The Morgan fingerprint density at radius 3 is 1.84 bits per heavy atom. The Morgan fingerprint density at radius 2 is 1.32 bits per heavy atom. The Hall–Kier alpha value is -1.14. The van der Waals surface area contributed by atoms with Crippen LogP contribution in [0.15, 0.2) is 11.8 Å². The second-order valence-electron chi connectivity index (χ2n) is 5.32. The van der Waals surface area contributed by atoms with Crippen LogP contribution in [0.5, 0.6) is 0 Å². The molecule has 0 aromatic heterocycles. The van der Waals surface area contributed by atoms with E-state index in [1.807, 2.05) is 0 Å². The number of hydrogen-bond acceptors (Lipinski definition) is 3. The molecule has 0 spiro atoms. The lowest BCUT2D eigenvalue weighted by Gasteiger charge is -2.32. The van der Waals surface area contributed by atoms with Crippen LogP contribution in [0, 0.1) is 0 Å². The van der Waals surface area contributed by atoms with Gasteiger partial charge in [-0.2, -0.15) is 47.9 Å². The molecule has 25 heavy (non-hydrogen) atoms. The molecule has 0 aromatic rings. The molecule has 0 aliphatic heterocycles. The third-order valence-electron chi connectivity index (χ3n) is 3.40.